The highest BCUT2D eigenvalue weighted by molar-refractivity contribution is 7.72. The van der Waals surface area contributed by atoms with Gasteiger partial charge in [0.1, 0.15) is 5.88 Å². The maximum Gasteiger partial charge on any atom is 0.158 e. The molecule has 1 N–H and O–H groups in total. The lowest BCUT2D eigenvalue weighted by Crippen LogP contribution is -2.01. The molecule has 4 heteroatoms. The zero-order valence-corrected chi connectivity index (χ0v) is 7.38. The first-order chi connectivity index (χ1) is 5.68. The fourth-order valence-electron chi connectivity index (χ4n) is 0.778. The Kier molecular flexibility index (Phi) is 3.10. The number of benzene rings is 1. The van der Waals surface area contributed by atoms with Crippen LogP contribution in [-0.2, 0) is 10.7 Å². The monoisotopic (exact) mass is 184 g/mol. The molecule has 0 fully saturated rings. The van der Waals surface area contributed by atoms with Gasteiger partial charge in [-0.05, 0) is 24.6 Å². The molecule has 12 heavy (non-hydrogen) atoms. The molecule has 1 radical (unpaired) electrons. The molecular formula is C8H10NO2S. The van der Waals surface area contributed by atoms with E-state index in [2.05, 4.69) is 12.2 Å². The SMILES string of the molecule is [CH2]c1ccc(NC[SH](=O)=O)cc1. The summed E-state index contributed by atoms with van der Waals surface area (Å²) in [5.74, 6) is -0.0220. The summed E-state index contributed by atoms with van der Waals surface area (Å²) in [4.78, 5) is 0. The van der Waals surface area contributed by atoms with Crippen molar-refractivity contribution in [3.05, 3.63) is 36.8 Å². The van der Waals surface area contributed by atoms with Gasteiger partial charge in [0.15, 0.2) is 10.7 Å². The van der Waals surface area contributed by atoms with Crippen LogP contribution in [0.1, 0.15) is 5.56 Å². The largest absolute Gasteiger partial charge is 0.372 e. The predicted molar refractivity (Wildman–Crippen MR) is 49.7 cm³/mol. The summed E-state index contributed by atoms with van der Waals surface area (Å²) in [7, 11) is -2.36. The van der Waals surface area contributed by atoms with Crippen LogP contribution in [0.5, 0.6) is 0 Å². The van der Waals surface area contributed by atoms with Crippen LogP contribution in [0.3, 0.4) is 0 Å². The third-order valence-corrected chi connectivity index (χ3v) is 1.78. The van der Waals surface area contributed by atoms with Crippen LogP contribution in [-0.4, -0.2) is 14.3 Å². The standard InChI is InChI=1S/C8H10NO2S/c1-7-2-4-8(5-3-7)9-6-12(10)11/h2-5,9,12H,1,6H2. The first kappa shape index (κ1) is 9.06. The number of nitrogens with one attached hydrogen (secondary N) is 1. The number of hydrogen-bond donors (Lipinski definition) is 2. The van der Waals surface area contributed by atoms with E-state index in [0.29, 0.717) is 0 Å². The summed E-state index contributed by atoms with van der Waals surface area (Å²) in [6, 6.07) is 7.22. The lowest BCUT2D eigenvalue weighted by molar-refractivity contribution is 0.616. The van der Waals surface area contributed by atoms with Crippen molar-refractivity contribution in [2.45, 2.75) is 0 Å². The van der Waals surface area contributed by atoms with Crippen molar-refractivity contribution < 1.29 is 8.42 Å². The topological polar surface area (TPSA) is 46.2 Å². The van der Waals surface area contributed by atoms with Crippen LogP contribution in [0.25, 0.3) is 0 Å². The zero-order valence-electron chi connectivity index (χ0n) is 6.49. The van der Waals surface area contributed by atoms with Crippen LogP contribution < -0.4 is 5.32 Å². The maximum atomic E-state index is 10.2. The molecule has 0 saturated heterocycles. The number of rotatable bonds is 3. The Morgan fingerprint density at radius 3 is 2.33 bits per heavy atom. The van der Waals surface area contributed by atoms with E-state index >= 15 is 0 Å². The van der Waals surface area contributed by atoms with Gasteiger partial charge in [-0.15, -0.1) is 0 Å². The second kappa shape index (κ2) is 4.11. The summed E-state index contributed by atoms with van der Waals surface area (Å²) in [5, 5.41) is 2.75. The van der Waals surface area contributed by atoms with Crippen LogP contribution in [0.4, 0.5) is 5.69 Å². The number of anilines is 1. The highest BCUT2D eigenvalue weighted by Crippen LogP contribution is 2.07. The van der Waals surface area contributed by atoms with Crippen molar-refractivity contribution in [3.8, 4) is 0 Å². The Labute approximate surface area is 73.4 Å². The van der Waals surface area contributed by atoms with Crippen molar-refractivity contribution in [2.75, 3.05) is 11.2 Å². The normalized spacial score (nSPS) is 10.2. The molecule has 3 nitrogen and oxygen atoms in total. The van der Waals surface area contributed by atoms with Gasteiger partial charge in [-0.1, -0.05) is 12.1 Å². The summed E-state index contributed by atoms with van der Waals surface area (Å²) in [6.07, 6.45) is 0. The van der Waals surface area contributed by atoms with Gasteiger partial charge in [0.2, 0.25) is 0 Å². The van der Waals surface area contributed by atoms with Crippen LogP contribution in [0, 0.1) is 6.92 Å². The number of hydrogen-bond acceptors (Lipinski definition) is 3. The highest BCUT2D eigenvalue weighted by atomic mass is 32.2. The molecule has 1 aromatic carbocycles. The minimum atomic E-state index is -2.36. The molecule has 0 unspecified atom stereocenters. The molecule has 65 valence electrons. The Morgan fingerprint density at radius 2 is 1.83 bits per heavy atom. The molecule has 0 amide bonds. The van der Waals surface area contributed by atoms with Crippen LogP contribution in [0.15, 0.2) is 24.3 Å². The quantitative estimate of drug-likeness (QED) is 0.684. The highest BCUT2D eigenvalue weighted by Gasteiger charge is 1.90. The Balaban J connectivity index is 2.59. The molecule has 0 aliphatic rings. The number of thiol groups is 1. The van der Waals surface area contributed by atoms with E-state index in [1.807, 2.05) is 12.1 Å². The van der Waals surface area contributed by atoms with Gasteiger partial charge in [0.25, 0.3) is 0 Å². The van der Waals surface area contributed by atoms with E-state index in [0.717, 1.165) is 11.3 Å². The van der Waals surface area contributed by atoms with Gasteiger partial charge in [-0.3, -0.25) is 0 Å². The van der Waals surface area contributed by atoms with Crippen molar-refractivity contribution >= 4 is 16.4 Å². The molecule has 0 saturated carbocycles. The maximum absolute atomic E-state index is 10.2. The van der Waals surface area contributed by atoms with Gasteiger partial charge < -0.3 is 5.32 Å². The van der Waals surface area contributed by atoms with E-state index in [1.165, 1.54) is 0 Å². The van der Waals surface area contributed by atoms with Gasteiger partial charge >= 0.3 is 0 Å². The van der Waals surface area contributed by atoms with Crippen LogP contribution >= 0.6 is 0 Å². The second-order valence-corrected chi connectivity index (χ2v) is 3.35. The molecule has 0 aliphatic carbocycles. The molecule has 1 rings (SSSR count). The predicted octanol–water partition coefficient (Wildman–Crippen LogP) is 0.850. The van der Waals surface area contributed by atoms with E-state index in [9.17, 15) is 8.42 Å². The Hall–Kier alpha value is -1.03. The zero-order chi connectivity index (χ0) is 8.97. The first-order valence-corrected chi connectivity index (χ1v) is 4.82. The van der Waals surface area contributed by atoms with Crippen molar-refractivity contribution in [3.63, 3.8) is 0 Å². The van der Waals surface area contributed by atoms with Crippen molar-refractivity contribution in [1.82, 2.24) is 0 Å². The molecule has 0 aromatic heterocycles. The summed E-state index contributed by atoms with van der Waals surface area (Å²) in [6.45, 7) is 3.71. The summed E-state index contributed by atoms with van der Waals surface area (Å²) in [5.41, 5.74) is 1.70. The van der Waals surface area contributed by atoms with Crippen molar-refractivity contribution in [2.24, 2.45) is 0 Å². The summed E-state index contributed by atoms with van der Waals surface area (Å²) < 4.78 is 20.4. The summed E-state index contributed by atoms with van der Waals surface area (Å²) >= 11 is 0. The second-order valence-electron chi connectivity index (χ2n) is 2.36. The van der Waals surface area contributed by atoms with Gasteiger partial charge in [-0.2, -0.15) is 0 Å². The van der Waals surface area contributed by atoms with Gasteiger partial charge in [-0.25, -0.2) is 8.42 Å². The fraction of sp³-hybridized carbons (Fsp3) is 0.125. The third-order valence-electron chi connectivity index (χ3n) is 1.37. The lowest BCUT2D eigenvalue weighted by atomic mass is 10.2. The van der Waals surface area contributed by atoms with Gasteiger partial charge in [0, 0.05) is 5.69 Å². The average Bonchev–Trinajstić information content (AvgIpc) is 2.03. The lowest BCUT2D eigenvalue weighted by Gasteiger charge is -2.01. The molecular weight excluding hydrogens is 174 g/mol. The Bertz CT molecular complexity index is 308. The van der Waals surface area contributed by atoms with E-state index < -0.39 is 10.7 Å². The van der Waals surface area contributed by atoms with E-state index in [4.69, 9.17) is 0 Å². The molecule has 0 bridgehead atoms. The fourth-order valence-corrected chi connectivity index (χ4v) is 1.09. The van der Waals surface area contributed by atoms with Crippen molar-refractivity contribution in [1.29, 1.82) is 0 Å². The molecule has 0 aliphatic heterocycles. The molecule has 0 heterocycles. The molecule has 0 atom stereocenters. The molecule has 0 spiro atoms. The first-order valence-electron chi connectivity index (χ1n) is 3.46. The third kappa shape index (κ3) is 2.92. The molecule has 1 aromatic rings. The van der Waals surface area contributed by atoms with Gasteiger partial charge in [0.05, 0.1) is 0 Å². The average molecular weight is 184 g/mol. The van der Waals surface area contributed by atoms with E-state index in [-0.39, 0.29) is 5.88 Å². The smallest absolute Gasteiger partial charge is 0.158 e. The minimum Gasteiger partial charge on any atom is -0.372 e. The minimum absolute atomic E-state index is 0.0220. The van der Waals surface area contributed by atoms with E-state index in [1.54, 1.807) is 12.1 Å². The van der Waals surface area contributed by atoms with Crippen LogP contribution in [0.2, 0.25) is 0 Å². The Morgan fingerprint density at radius 1 is 1.25 bits per heavy atom.